The van der Waals surface area contributed by atoms with E-state index in [4.69, 9.17) is 4.42 Å². The van der Waals surface area contributed by atoms with Crippen LogP contribution in [0, 0.1) is 5.82 Å². The molecule has 0 aliphatic rings. The van der Waals surface area contributed by atoms with Crippen molar-refractivity contribution in [2.45, 2.75) is 0 Å². The van der Waals surface area contributed by atoms with Crippen LogP contribution in [0.15, 0.2) is 114 Å². The first-order valence-electron chi connectivity index (χ1n) is 9.48. The van der Waals surface area contributed by atoms with E-state index in [1.807, 2.05) is 48.5 Å². The van der Waals surface area contributed by atoms with Crippen LogP contribution in [-0.2, 0) is 0 Å². The molecule has 5 rings (SSSR count). The van der Waals surface area contributed by atoms with Gasteiger partial charge in [0.05, 0.1) is 17.7 Å². The first-order valence-corrected chi connectivity index (χ1v) is 9.48. The molecule has 0 spiro atoms. The van der Waals surface area contributed by atoms with Crippen LogP contribution in [0.5, 0.6) is 0 Å². The fraction of sp³-hybridized carbons (Fsp3) is 0. The Labute approximate surface area is 168 Å². The van der Waals surface area contributed by atoms with E-state index in [9.17, 15) is 4.39 Å². The molecule has 3 heteroatoms. The first-order chi connectivity index (χ1) is 14.3. The number of hydrogen-bond donors (Lipinski definition) is 0. The minimum Gasteiger partial charge on any atom is -0.463 e. The molecule has 0 fully saturated rings. The summed E-state index contributed by atoms with van der Waals surface area (Å²) in [4.78, 5) is 0. The van der Waals surface area contributed by atoms with Crippen LogP contribution in [0.4, 0.5) is 4.39 Å². The van der Waals surface area contributed by atoms with E-state index >= 15 is 0 Å². The standard InChI is InChI=1S/C26H18FNO/c27-21-13-15-22(16-14-21)28-24(20-10-5-2-6-11-20)18-23(19-8-3-1-4-9-19)26(28)25-12-7-17-29-25/h1-18H. The van der Waals surface area contributed by atoms with Gasteiger partial charge in [0.2, 0.25) is 0 Å². The summed E-state index contributed by atoms with van der Waals surface area (Å²) in [5.74, 6) is 0.500. The van der Waals surface area contributed by atoms with Crippen molar-refractivity contribution in [2.24, 2.45) is 0 Å². The first kappa shape index (κ1) is 17.3. The van der Waals surface area contributed by atoms with Crippen molar-refractivity contribution in [1.29, 1.82) is 0 Å². The van der Waals surface area contributed by atoms with E-state index in [-0.39, 0.29) is 5.82 Å². The van der Waals surface area contributed by atoms with Crippen LogP contribution in [-0.4, -0.2) is 4.57 Å². The van der Waals surface area contributed by atoms with Gasteiger partial charge in [-0.15, -0.1) is 0 Å². The molecule has 0 unspecified atom stereocenters. The second-order valence-corrected chi connectivity index (χ2v) is 6.81. The van der Waals surface area contributed by atoms with Gasteiger partial charge in [-0.05, 0) is 53.6 Å². The highest BCUT2D eigenvalue weighted by atomic mass is 19.1. The topological polar surface area (TPSA) is 18.1 Å². The number of rotatable bonds is 4. The minimum atomic E-state index is -0.259. The zero-order valence-electron chi connectivity index (χ0n) is 15.6. The third-order valence-electron chi connectivity index (χ3n) is 4.99. The molecule has 0 saturated heterocycles. The summed E-state index contributed by atoms with van der Waals surface area (Å²) in [6.45, 7) is 0. The largest absolute Gasteiger partial charge is 0.463 e. The molecule has 0 amide bonds. The molecule has 0 aliphatic carbocycles. The number of nitrogens with zero attached hydrogens (tertiary/aromatic N) is 1. The van der Waals surface area contributed by atoms with Gasteiger partial charge in [0.25, 0.3) is 0 Å². The molecule has 3 aromatic carbocycles. The lowest BCUT2D eigenvalue weighted by atomic mass is 10.0. The Kier molecular flexibility index (Phi) is 4.34. The average molecular weight is 379 g/mol. The molecule has 2 nitrogen and oxygen atoms in total. The number of furan rings is 1. The Bertz CT molecular complexity index is 1220. The highest BCUT2D eigenvalue weighted by Gasteiger charge is 2.22. The van der Waals surface area contributed by atoms with Crippen LogP contribution in [0.3, 0.4) is 0 Å². The number of halogens is 1. The smallest absolute Gasteiger partial charge is 0.151 e. The minimum absolute atomic E-state index is 0.259. The van der Waals surface area contributed by atoms with Gasteiger partial charge in [-0.3, -0.25) is 0 Å². The molecule has 29 heavy (non-hydrogen) atoms. The molecule has 5 aromatic rings. The van der Waals surface area contributed by atoms with Gasteiger partial charge in [0.15, 0.2) is 5.76 Å². The molecule has 0 N–H and O–H groups in total. The predicted octanol–water partition coefficient (Wildman–Crippen LogP) is 7.21. The Morgan fingerprint density at radius 1 is 0.655 bits per heavy atom. The molecule has 2 heterocycles. The van der Waals surface area contributed by atoms with Gasteiger partial charge >= 0.3 is 0 Å². The van der Waals surface area contributed by atoms with Crippen LogP contribution in [0.25, 0.3) is 39.5 Å². The Hall–Kier alpha value is -3.85. The van der Waals surface area contributed by atoms with Crippen LogP contribution >= 0.6 is 0 Å². The third-order valence-corrected chi connectivity index (χ3v) is 4.99. The van der Waals surface area contributed by atoms with Crippen LogP contribution in [0.1, 0.15) is 0 Å². The highest BCUT2D eigenvalue weighted by molar-refractivity contribution is 5.87. The SMILES string of the molecule is Fc1ccc(-n2c(-c3ccccc3)cc(-c3ccccc3)c2-c2ccco2)cc1. The van der Waals surface area contributed by atoms with Crippen molar-refractivity contribution in [2.75, 3.05) is 0 Å². The lowest BCUT2D eigenvalue weighted by Gasteiger charge is -2.14. The second-order valence-electron chi connectivity index (χ2n) is 6.81. The van der Waals surface area contributed by atoms with E-state index in [0.717, 1.165) is 39.5 Å². The monoisotopic (exact) mass is 379 g/mol. The van der Waals surface area contributed by atoms with E-state index in [2.05, 4.69) is 34.9 Å². The average Bonchev–Trinajstić information content (AvgIpc) is 3.43. The van der Waals surface area contributed by atoms with Crippen molar-refractivity contribution in [3.8, 4) is 39.5 Å². The van der Waals surface area contributed by atoms with Gasteiger partial charge in [-0.1, -0.05) is 60.7 Å². The summed E-state index contributed by atoms with van der Waals surface area (Å²) >= 11 is 0. The Morgan fingerprint density at radius 3 is 1.93 bits per heavy atom. The number of hydrogen-bond acceptors (Lipinski definition) is 1. The normalized spacial score (nSPS) is 10.9. The molecule has 0 saturated carbocycles. The van der Waals surface area contributed by atoms with Crippen molar-refractivity contribution in [1.82, 2.24) is 4.57 Å². The van der Waals surface area contributed by atoms with Crippen LogP contribution < -0.4 is 0 Å². The second kappa shape index (κ2) is 7.28. The molecule has 0 bridgehead atoms. The van der Waals surface area contributed by atoms with Crippen molar-refractivity contribution in [3.63, 3.8) is 0 Å². The molecular formula is C26H18FNO. The van der Waals surface area contributed by atoms with Gasteiger partial charge < -0.3 is 8.98 Å². The van der Waals surface area contributed by atoms with Crippen LogP contribution in [0.2, 0.25) is 0 Å². The van der Waals surface area contributed by atoms with Gasteiger partial charge in [-0.25, -0.2) is 4.39 Å². The molecule has 0 atom stereocenters. The maximum Gasteiger partial charge on any atom is 0.151 e. The Balaban J connectivity index is 1.87. The van der Waals surface area contributed by atoms with E-state index < -0.39 is 0 Å². The molecule has 140 valence electrons. The molecule has 0 radical (unpaired) electrons. The maximum atomic E-state index is 13.6. The molecular weight excluding hydrogens is 361 g/mol. The molecule has 2 aromatic heterocycles. The van der Waals surface area contributed by atoms with E-state index in [1.165, 1.54) is 12.1 Å². The number of benzene rings is 3. The quantitative estimate of drug-likeness (QED) is 0.323. The van der Waals surface area contributed by atoms with Crippen molar-refractivity contribution < 1.29 is 8.81 Å². The van der Waals surface area contributed by atoms with Crippen molar-refractivity contribution in [3.05, 3.63) is 115 Å². The van der Waals surface area contributed by atoms with Crippen molar-refractivity contribution >= 4 is 0 Å². The lowest BCUT2D eigenvalue weighted by Crippen LogP contribution is -1.99. The summed E-state index contributed by atoms with van der Waals surface area (Å²) in [5.41, 5.74) is 6.06. The number of aromatic nitrogens is 1. The van der Waals surface area contributed by atoms with Gasteiger partial charge in [-0.2, -0.15) is 0 Å². The summed E-state index contributed by atoms with van der Waals surface area (Å²) in [6, 6.07) is 33.0. The summed E-state index contributed by atoms with van der Waals surface area (Å²) in [7, 11) is 0. The van der Waals surface area contributed by atoms with E-state index in [0.29, 0.717) is 0 Å². The zero-order valence-corrected chi connectivity index (χ0v) is 15.6. The Morgan fingerprint density at radius 2 is 1.31 bits per heavy atom. The highest BCUT2D eigenvalue weighted by Crippen LogP contribution is 2.41. The fourth-order valence-electron chi connectivity index (χ4n) is 3.68. The van der Waals surface area contributed by atoms with E-state index in [1.54, 1.807) is 18.4 Å². The maximum absolute atomic E-state index is 13.6. The summed E-state index contributed by atoms with van der Waals surface area (Å²) in [5, 5.41) is 0. The lowest BCUT2D eigenvalue weighted by molar-refractivity contribution is 0.579. The third kappa shape index (κ3) is 3.17. The predicted molar refractivity (Wildman–Crippen MR) is 114 cm³/mol. The fourth-order valence-corrected chi connectivity index (χ4v) is 3.68. The zero-order chi connectivity index (χ0) is 19.6. The summed E-state index contributed by atoms with van der Waals surface area (Å²) in [6.07, 6.45) is 1.67. The summed E-state index contributed by atoms with van der Waals surface area (Å²) < 4.78 is 21.6. The molecule has 0 aliphatic heterocycles. The van der Waals surface area contributed by atoms with Gasteiger partial charge in [0.1, 0.15) is 5.82 Å². The van der Waals surface area contributed by atoms with Gasteiger partial charge in [0, 0.05) is 11.3 Å².